The number of hydrogen-bond donors (Lipinski definition) is 0. The van der Waals surface area contributed by atoms with Crippen molar-refractivity contribution in [3.63, 3.8) is 0 Å². The molecule has 0 saturated carbocycles. The van der Waals surface area contributed by atoms with E-state index in [9.17, 15) is 10.1 Å². The van der Waals surface area contributed by atoms with Crippen LogP contribution in [0.25, 0.3) is 0 Å². The zero-order chi connectivity index (χ0) is 9.30. The van der Waals surface area contributed by atoms with Gasteiger partial charge in [-0.1, -0.05) is 0 Å². The minimum Gasteiger partial charge on any atom is -0.258 e. The van der Waals surface area contributed by atoms with E-state index in [2.05, 4.69) is 38.5 Å². The van der Waals surface area contributed by atoms with Crippen LogP contribution < -0.4 is 0 Å². The van der Waals surface area contributed by atoms with Crippen molar-refractivity contribution in [2.24, 2.45) is 0 Å². The summed E-state index contributed by atoms with van der Waals surface area (Å²) in [6, 6.07) is 3.23. The Labute approximate surface area is 91.6 Å². The van der Waals surface area contributed by atoms with Crippen molar-refractivity contribution in [2.75, 3.05) is 0 Å². The molecular formula is C7H5BrINO2. The van der Waals surface area contributed by atoms with Crippen molar-refractivity contribution in [2.45, 2.75) is 6.92 Å². The zero-order valence-electron chi connectivity index (χ0n) is 6.17. The SMILES string of the molecule is Cc1c(I)ccc([N+](=O)[O-])c1Br. The number of halogens is 2. The van der Waals surface area contributed by atoms with Crippen molar-refractivity contribution >= 4 is 44.2 Å². The average Bonchev–Trinajstić information content (AvgIpc) is 2.00. The summed E-state index contributed by atoms with van der Waals surface area (Å²) in [5.74, 6) is 0. The van der Waals surface area contributed by atoms with Crippen LogP contribution >= 0.6 is 38.5 Å². The molecule has 1 rings (SSSR count). The van der Waals surface area contributed by atoms with E-state index in [0.29, 0.717) is 4.47 Å². The highest BCUT2D eigenvalue weighted by atomic mass is 127. The second-order valence-electron chi connectivity index (χ2n) is 2.26. The van der Waals surface area contributed by atoms with Crippen molar-refractivity contribution in [1.82, 2.24) is 0 Å². The van der Waals surface area contributed by atoms with Crippen LogP contribution in [0.5, 0.6) is 0 Å². The number of rotatable bonds is 1. The van der Waals surface area contributed by atoms with Gasteiger partial charge in [-0.3, -0.25) is 10.1 Å². The third kappa shape index (κ3) is 1.77. The van der Waals surface area contributed by atoms with E-state index in [1.54, 1.807) is 6.07 Å². The van der Waals surface area contributed by atoms with Crippen molar-refractivity contribution in [3.05, 3.63) is 35.9 Å². The summed E-state index contributed by atoms with van der Waals surface area (Å²) in [6.45, 7) is 1.85. The highest BCUT2D eigenvalue weighted by Crippen LogP contribution is 2.30. The summed E-state index contributed by atoms with van der Waals surface area (Å²) >= 11 is 5.32. The first kappa shape index (κ1) is 9.91. The summed E-state index contributed by atoms with van der Waals surface area (Å²) in [5.41, 5.74) is 1.03. The molecule has 0 fully saturated rings. The van der Waals surface area contributed by atoms with E-state index < -0.39 is 4.92 Å². The molecule has 3 nitrogen and oxygen atoms in total. The predicted octanol–water partition coefficient (Wildman–Crippen LogP) is 3.27. The third-order valence-corrected chi connectivity index (χ3v) is 3.67. The molecule has 0 radical (unpaired) electrons. The van der Waals surface area contributed by atoms with Crippen LogP contribution in [0.4, 0.5) is 5.69 Å². The molecule has 64 valence electrons. The lowest BCUT2D eigenvalue weighted by Gasteiger charge is -2.01. The molecular weight excluding hydrogens is 337 g/mol. The summed E-state index contributed by atoms with van der Waals surface area (Å²) in [5, 5.41) is 10.5. The topological polar surface area (TPSA) is 43.1 Å². The molecule has 0 aliphatic rings. The van der Waals surface area contributed by atoms with Gasteiger partial charge in [0.1, 0.15) is 0 Å². The number of hydrogen-bond acceptors (Lipinski definition) is 2. The molecule has 12 heavy (non-hydrogen) atoms. The Morgan fingerprint density at radius 1 is 1.58 bits per heavy atom. The van der Waals surface area contributed by atoms with Gasteiger partial charge in [0, 0.05) is 9.64 Å². The average molecular weight is 342 g/mol. The first-order valence-corrected chi connectivity index (χ1v) is 5.00. The molecule has 0 N–H and O–H groups in total. The third-order valence-electron chi connectivity index (χ3n) is 1.50. The van der Waals surface area contributed by atoms with Crippen molar-refractivity contribution in [1.29, 1.82) is 0 Å². The molecule has 5 heteroatoms. The van der Waals surface area contributed by atoms with E-state index in [-0.39, 0.29) is 5.69 Å². The van der Waals surface area contributed by atoms with Crippen LogP contribution in [0.3, 0.4) is 0 Å². The molecule has 0 saturated heterocycles. The van der Waals surface area contributed by atoms with Crippen LogP contribution in [-0.2, 0) is 0 Å². The van der Waals surface area contributed by atoms with E-state index in [1.165, 1.54) is 6.07 Å². The molecule has 0 atom stereocenters. The lowest BCUT2D eigenvalue weighted by Crippen LogP contribution is -1.92. The lowest BCUT2D eigenvalue weighted by molar-refractivity contribution is -0.385. The van der Waals surface area contributed by atoms with Crippen LogP contribution in [0.15, 0.2) is 16.6 Å². The summed E-state index contributed by atoms with van der Waals surface area (Å²) in [7, 11) is 0. The van der Waals surface area contributed by atoms with Gasteiger partial charge in [0.05, 0.1) is 9.40 Å². The highest BCUT2D eigenvalue weighted by Gasteiger charge is 2.14. The van der Waals surface area contributed by atoms with Crippen molar-refractivity contribution < 1.29 is 4.92 Å². The Bertz CT molecular complexity index is 340. The molecule has 0 spiro atoms. The van der Waals surface area contributed by atoms with E-state index >= 15 is 0 Å². The molecule has 0 aromatic heterocycles. The zero-order valence-corrected chi connectivity index (χ0v) is 9.92. The molecule has 1 aromatic carbocycles. The molecule has 1 aromatic rings. The Balaban J connectivity index is 3.36. The molecule has 0 unspecified atom stereocenters. The first-order valence-electron chi connectivity index (χ1n) is 3.13. The van der Waals surface area contributed by atoms with Gasteiger partial charge in [-0.25, -0.2) is 0 Å². The first-order chi connectivity index (χ1) is 5.54. The van der Waals surface area contributed by atoms with Gasteiger partial charge >= 0.3 is 0 Å². The van der Waals surface area contributed by atoms with Gasteiger partial charge in [0.15, 0.2) is 0 Å². The fraction of sp³-hybridized carbons (Fsp3) is 0.143. The maximum Gasteiger partial charge on any atom is 0.283 e. The maximum atomic E-state index is 10.5. The normalized spacial score (nSPS) is 9.92. The van der Waals surface area contributed by atoms with E-state index in [4.69, 9.17) is 0 Å². The van der Waals surface area contributed by atoms with Gasteiger partial charge in [-0.15, -0.1) is 0 Å². The van der Waals surface area contributed by atoms with Gasteiger partial charge in [-0.05, 0) is 57.1 Å². The number of nitro groups is 1. The number of nitro benzene ring substituents is 1. The Morgan fingerprint density at radius 3 is 2.67 bits per heavy atom. The van der Waals surface area contributed by atoms with Crippen molar-refractivity contribution in [3.8, 4) is 0 Å². The second kappa shape index (κ2) is 3.69. The van der Waals surface area contributed by atoms with Crippen LogP contribution in [0.1, 0.15) is 5.56 Å². The summed E-state index contributed by atoms with van der Waals surface area (Å²) < 4.78 is 1.59. The standard InChI is InChI=1S/C7H5BrINO2/c1-4-5(9)2-3-6(7(4)8)10(11)12/h2-3H,1H3. The molecule has 0 amide bonds. The number of nitrogens with zero attached hydrogens (tertiary/aromatic N) is 1. The molecule has 0 aliphatic carbocycles. The van der Waals surface area contributed by atoms with Crippen LogP contribution in [0.2, 0.25) is 0 Å². The Hall–Kier alpha value is -0.170. The molecule has 0 heterocycles. The quantitative estimate of drug-likeness (QED) is 0.447. The maximum absolute atomic E-state index is 10.5. The molecule has 0 bridgehead atoms. The minimum absolute atomic E-state index is 0.118. The fourth-order valence-corrected chi connectivity index (χ4v) is 2.10. The Kier molecular flexibility index (Phi) is 3.05. The summed E-state index contributed by atoms with van der Waals surface area (Å²) in [6.07, 6.45) is 0. The lowest BCUT2D eigenvalue weighted by atomic mass is 10.2. The molecule has 0 aliphatic heterocycles. The van der Waals surface area contributed by atoms with Gasteiger partial charge in [-0.2, -0.15) is 0 Å². The van der Waals surface area contributed by atoms with Crippen LogP contribution in [0, 0.1) is 20.6 Å². The summed E-state index contributed by atoms with van der Waals surface area (Å²) in [4.78, 5) is 10.1. The largest absolute Gasteiger partial charge is 0.283 e. The minimum atomic E-state index is -0.396. The number of benzene rings is 1. The van der Waals surface area contributed by atoms with Crippen LogP contribution in [-0.4, -0.2) is 4.92 Å². The fourth-order valence-electron chi connectivity index (χ4n) is 0.788. The van der Waals surface area contributed by atoms with Gasteiger partial charge < -0.3 is 0 Å². The van der Waals surface area contributed by atoms with E-state index in [1.807, 2.05) is 6.92 Å². The smallest absolute Gasteiger partial charge is 0.258 e. The second-order valence-corrected chi connectivity index (χ2v) is 4.22. The Morgan fingerprint density at radius 2 is 2.17 bits per heavy atom. The van der Waals surface area contributed by atoms with Gasteiger partial charge in [0.25, 0.3) is 5.69 Å². The van der Waals surface area contributed by atoms with E-state index in [0.717, 1.165) is 9.13 Å². The highest BCUT2D eigenvalue weighted by molar-refractivity contribution is 14.1. The van der Waals surface area contributed by atoms with Gasteiger partial charge in [0.2, 0.25) is 0 Å². The predicted molar refractivity (Wildman–Crippen MR) is 58.3 cm³/mol. The monoisotopic (exact) mass is 341 g/mol.